The quantitative estimate of drug-likeness (QED) is 0.548. The Hall–Kier alpha value is -0.650. The fourth-order valence-corrected chi connectivity index (χ4v) is 1.60. The molecule has 0 bridgehead atoms. The van der Waals surface area contributed by atoms with E-state index in [-0.39, 0.29) is 5.91 Å². The molecule has 1 amide bonds. The second-order valence-corrected chi connectivity index (χ2v) is 4.42. The van der Waals surface area contributed by atoms with Crippen LogP contribution >= 0.6 is 0 Å². The summed E-state index contributed by atoms with van der Waals surface area (Å²) in [5, 5.41) is 6.20. The Morgan fingerprint density at radius 2 is 2.31 bits per heavy atom. The zero-order valence-electron chi connectivity index (χ0n) is 10.3. The van der Waals surface area contributed by atoms with E-state index in [1.54, 1.807) is 0 Å². The highest BCUT2D eigenvalue weighted by atomic mass is 16.5. The fourth-order valence-electron chi connectivity index (χ4n) is 1.60. The second kappa shape index (κ2) is 7.60. The Morgan fingerprint density at radius 1 is 1.50 bits per heavy atom. The van der Waals surface area contributed by atoms with E-state index < -0.39 is 0 Å². The Kier molecular flexibility index (Phi) is 6.37. The van der Waals surface area contributed by atoms with Crippen LogP contribution < -0.4 is 10.6 Å². The van der Waals surface area contributed by atoms with Gasteiger partial charge in [0.05, 0.1) is 13.2 Å². The van der Waals surface area contributed by atoms with Crippen molar-refractivity contribution in [1.82, 2.24) is 15.5 Å². The number of amides is 1. The monoisotopic (exact) mass is 229 g/mol. The van der Waals surface area contributed by atoms with Crippen LogP contribution in [0.5, 0.6) is 0 Å². The van der Waals surface area contributed by atoms with Crippen molar-refractivity contribution in [2.75, 3.05) is 46.9 Å². The van der Waals surface area contributed by atoms with E-state index in [4.69, 9.17) is 4.74 Å². The van der Waals surface area contributed by atoms with Crippen LogP contribution in [0.4, 0.5) is 0 Å². The number of hydrogen-bond acceptors (Lipinski definition) is 4. The van der Waals surface area contributed by atoms with Crippen LogP contribution in [0.1, 0.15) is 12.8 Å². The molecule has 94 valence electrons. The normalized spacial score (nSPS) is 20.4. The predicted octanol–water partition coefficient (Wildman–Crippen LogP) is -0.567. The summed E-state index contributed by atoms with van der Waals surface area (Å²) in [7, 11) is 4.06. The molecule has 16 heavy (non-hydrogen) atoms. The molecule has 1 unspecified atom stereocenters. The summed E-state index contributed by atoms with van der Waals surface area (Å²) in [6, 6.07) is 0.314. The van der Waals surface area contributed by atoms with Crippen molar-refractivity contribution in [2.45, 2.75) is 18.9 Å². The Morgan fingerprint density at radius 3 is 2.94 bits per heavy atom. The highest BCUT2D eigenvalue weighted by molar-refractivity contribution is 5.78. The van der Waals surface area contributed by atoms with Gasteiger partial charge in [-0.15, -0.1) is 0 Å². The number of hydrogen-bond donors (Lipinski definition) is 2. The van der Waals surface area contributed by atoms with E-state index in [0.29, 0.717) is 12.5 Å². The number of carbonyl (C=O) groups is 1. The van der Waals surface area contributed by atoms with Crippen molar-refractivity contribution in [3.63, 3.8) is 0 Å². The topological polar surface area (TPSA) is 53.6 Å². The summed E-state index contributed by atoms with van der Waals surface area (Å²) in [4.78, 5) is 13.0. The molecular formula is C11H23N3O2. The first-order chi connectivity index (χ1) is 7.68. The molecule has 0 aromatic heterocycles. The summed E-state index contributed by atoms with van der Waals surface area (Å²) in [5.41, 5.74) is 0. The molecule has 1 fully saturated rings. The molecule has 5 nitrogen and oxygen atoms in total. The van der Waals surface area contributed by atoms with E-state index in [1.807, 2.05) is 14.1 Å². The first-order valence-electron chi connectivity index (χ1n) is 5.91. The summed E-state index contributed by atoms with van der Waals surface area (Å²) < 4.78 is 5.44. The highest BCUT2D eigenvalue weighted by Gasteiger charge is 2.19. The van der Waals surface area contributed by atoms with Gasteiger partial charge in [0.15, 0.2) is 0 Å². The average molecular weight is 229 g/mol. The highest BCUT2D eigenvalue weighted by Crippen LogP contribution is 2.04. The standard InChI is InChI=1S/C11H23N3O2/c1-14(2)6-8-16-7-5-12-9-10-3-4-11(15)13-10/h10,12H,3-9H2,1-2H3,(H,13,15). The summed E-state index contributed by atoms with van der Waals surface area (Å²) >= 11 is 0. The first kappa shape index (κ1) is 13.4. The van der Waals surface area contributed by atoms with Gasteiger partial charge in [-0.25, -0.2) is 0 Å². The van der Waals surface area contributed by atoms with Gasteiger partial charge in [-0.05, 0) is 20.5 Å². The van der Waals surface area contributed by atoms with Gasteiger partial charge in [-0.3, -0.25) is 4.79 Å². The molecule has 0 aliphatic carbocycles. The van der Waals surface area contributed by atoms with Crippen LogP contribution in [0, 0.1) is 0 Å². The largest absolute Gasteiger partial charge is 0.379 e. The molecule has 1 atom stereocenters. The van der Waals surface area contributed by atoms with Crippen molar-refractivity contribution in [2.24, 2.45) is 0 Å². The molecule has 5 heteroatoms. The third kappa shape index (κ3) is 6.05. The summed E-state index contributed by atoms with van der Waals surface area (Å²) in [5.74, 6) is 0.175. The molecule has 1 heterocycles. The molecule has 2 N–H and O–H groups in total. The van der Waals surface area contributed by atoms with E-state index in [0.717, 1.165) is 39.3 Å². The van der Waals surface area contributed by atoms with Gasteiger partial charge in [-0.1, -0.05) is 0 Å². The third-order valence-electron chi connectivity index (χ3n) is 2.58. The predicted molar refractivity (Wildman–Crippen MR) is 63.4 cm³/mol. The number of rotatable bonds is 8. The molecule has 0 aromatic carbocycles. The van der Waals surface area contributed by atoms with Crippen molar-refractivity contribution in [1.29, 1.82) is 0 Å². The SMILES string of the molecule is CN(C)CCOCCNCC1CCC(=O)N1. The van der Waals surface area contributed by atoms with Crippen molar-refractivity contribution in [3.05, 3.63) is 0 Å². The maximum atomic E-state index is 10.9. The zero-order valence-corrected chi connectivity index (χ0v) is 10.3. The van der Waals surface area contributed by atoms with Gasteiger partial charge >= 0.3 is 0 Å². The van der Waals surface area contributed by atoms with Gasteiger partial charge in [0, 0.05) is 32.1 Å². The van der Waals surface area contributed by atoms with Gasteiger partial charge < -0.3 is 20.3 Å². The number of nitrogens with zero attached hydrogens (tertiary/aromatic N) is 1. The number of carbonyl (C=O) groups excluding carboxylic acids is 1. The minimum atomic E-state index is 0.175. The van der Waals surface area contributed by atoms with Crippen LogP contribution in [0.2, 0.25) is 0 Å². The van der Waals surface area contributed by atoms with E-state index >= 15 is 0 Å². The molecule has 1 saturated heterocycles. The van der Waals surface area contributed by atoms with Crippen LogP contribution in [0.3, 0.4) is 0 Å². The molecule has 0 radical (unpaired) electrons. The van der Waals surface area contributed by atoms with Crippen LogP contribution in [0.25, 0.3) is 0 Å². The second-order valence-electron chi connectivity index (χ2n) is 4.42. The number of likely N-dealkylation sites (N-methyl/N-ethyl adjacent to an activating group) is 1. The average Bonchev–Trinajstić information content (AvgIpc) is 2.62. The minimum absolute atomic E-state index is 0.175. The van der Waals surface area contributed by atoms with Crippen molar-refractivity contribution in [3.8, 4) is 0 Å². The maximum absolute atomic E-state index is 10.9. The summed E-state index contributed by atoms with van der Waals surface area (Å²) in [6.45, 7) is 4.16. The first-order valence-corrected chi connectivity index (χ1v) is 5.91. The summed E-state index contributed by atoms with van der Waals surface area (Å²) in [6.07, 6.45) is 1.62. The minimum Gasteiger partial charge on any atom is -0.379 e. The van der Waals surface area contributed by atoms with Crippen LogP contribution in [-0.4, -0.2) is 63.8 Å². The lowest BCUT2D eigenvalue weighted by molar-refractivity contribution is -0.119. The lowest BCUT2D eigenvalue weighted by atomic mass is 10.2. The van der Waals surface area contributed by atoms with E-state index in [2.05, 4.69) is 15.5 Å². The van der Waals surface area contributed by atoms with Crippen LogP contribution in [0.15, 0.2) is 0 Å². The molecule has 0 aromatic rings. The maximum Gasteiger partial charge on any atom is 0.220 e. The Labute approximate surface area is 97.5 Å². The van der Waals surface area contributed by atoms with Gasteiger partial charge in [-0.2, -0.15) is 0 Å². The van der Waals surface area contributed by atoms with Crippen molar-refractivity contribution >= 4 is 5.91 Å². The van der Waals surface area contributed by atoms with Crippen LogP contribution in [-0.2, 0) is 9.53 Å². The third-order valence-corrected chi connectivity index (χ3v) is 2.58. The van der Waals surface area contributed by atoms with E-state index in [1.165, 1.54) is 0 Å². The smallest absolute Gasteiger partial charge is 0.220 e. The van der Waals surface area contributed by atoms with E-state index in [9.17, 15) is 4.79 Å². The van der Waals surface area contributed by atoms with Crippen molar-refractivity contribution < 1.29 is 9.53 Å². The lowest BCUT2D eigenvalue weighted by Gasteiger charge is -2.12. The lowest BCUT2D eigenvalue weighted by Crippen LogP contribution is -2.37. The molecule has 0 saturated carbocycles. The fraction of sp³-hybridized carbons (Fsp3) is 0.909. The van der Waals surface area contributed by atoms with Gasteiger partial charge in [0.25, 0.3) is 0 Å². The Balaban J connectivity index is 1.83. The molecule has 1 aliphatic heterocycles. The number of ether oxygens (including phenoxy) is 1. The number of nitrogens with one attached hydrogen (secondary N) is 2. The molecule has 0 spiro atoms. The molecule has 1 rings (SSSR count). The Bertz CT molecular complexity index is 209. The molecular weight excluding hydrogens is 206 g/mol. The zero-order chi connectivity index (χ0) is 11.8. The van der Waals surface area contributed by atoms with Gasteiger partial charge in [0.2, 0.25) is 5.91 Å². The van der Waals surface area contributed by atoms with Gasteiger partial charge in [0.1, 0.15) is 0 Å². The molecule has 1 aliphatic rings.